The third-order valence-electron chi connectivity index (χ3n) is 9.17. The van der Waals surface area contributed by atoms with Crippen molar-refractivity contribution in [1.82, 2.24) is 0 Å². The number of rotatable bonds is 17. The van der Waals surface area contributed by atoms with E-state index in [1.165, 1.54) is 13.8 Å². The molecule has 6 rings (SSSR count). The molecule has 0 fully saturated rings. The van der Waals surface area contributed by atoms with Crippen molar-refractivity contribution < 1.29 is 47.7 Å². The molecule has 310 valence electrons. The van der Waals surface area contributed by atoms with E-state index in [9.17, 15) is 28.8 Å². The minimum atomic E-state index is -0.528. The molecule has 0 N–H and O–H groups in total. The van der Waals surface area contributed by atoms with E-state index in [0.717, 1.165) is 11.1 Å². The molecule has 62 heavy (non-hydrogen) atoms. The lowest BCUT2D eigenvalue weighted by Crippen LogP contribution is -2.09. The summed E-state index contributed by atoms with van der Waals surface area (Å²) >= 11 is 0. The summed E-state index contributed by atoms with van der Waals surface area (Å²) in [5.74, 6) is -1.49. The van der Waals surface area contributed by atoms with E-state index in [0.29, 0.717) is 69.1 Å². The van der Waals surface area contributed by atoms with Crippen LogP contribution >= 0.6 is 0 Å². The zero-order valence-electron chi connectivity index (χ0n) is 33.8. The second kappa shape index (κ2) is 21.2. The summed E-state index contributed by atoms with van der Waals surface area (Å²) in [5, 5.41) is 0. The average Bonchev–Trinajstić information content (AvgIpc) is 3.29. The maximum absolute atomic E-state index is 12.5. The van der Waals surface area contributed by atoms with Gasteiger partial charge in [0, 0.05) is 23.6 Å². The molecular formula is C50H40N2O10. The lowest BCUT2D eigenvalue weighted by molar-refractivity contribution is 0.0432. The quantitative estimate of drug-likeness (QED) is 0.0284. The topological polar surface area (TPSA) is 164 Å². The molecule has 0 radical (unpaired) electrons. The SMILES string of the molecule is CC(=O)c1ccc(OC(=O)c2ccc(C=Nc3ccc(C(=O)OCCCCOC(=O)c4ccc(N=Cc5ccc(C(=O)Oc6ccc(C(C)=O)cc6)cc5)cc4)cc3)cc2)cc1. The first kappa shape index (κ1) is 43.5. The molecule has 0 unspecified atom stereocenters. The summed E-state index contributed by atoms with van der Waals surface area (Å²) in [6, 6.07) is 39.4. The number of aliphatic imine (C=N–C) groups is 2. The molecule has 0 aliphatic rings. The molecule has 0 heterocycles. The van der Waals surface area contributed by atoms with E-state index in [1.54, 1.807) is 158 Å². The van der Waals surface area contributed by atoms with Gasteiger partial charge in [-0.1, -0.05) is 24.3 Å². The highest BCUT2D eigenvalue weighted by molar-refractivity contribution is 5.96. The lowest BCUT2D eigenvalue weighted by Gasteiger charge is -2.07. The summed E-state index contributed by atoms with van der Waals surface area (Å²) in [5.41, 5.74) is 5.24. The van der Waals surface area contributed by atoms with Gasteiger partial charge in [0.15, 0.2) is 11.6 Å². The van der Waals surface area contributed by atoms with Crippen LogP contribution in [0, 0.1) is 0 Å². The fourth-order valence-electron chi connectivity index (χ4n) is 5.62. The van der Waals surface area contributed by atoms with E-state index >= 15 is 0 Å². The van der Waals surface area contributed by atoms with Gasteiger partial charge in [-0.05, 0) is 159 Å². The van der Waals surface area contributed by atoms with E-state index < -0.39 is 23.9 Å². The zero-order chi connectivity index (χ0) is 43.8. The van der Waals surface area contributed by atoms with Gasteiger partial charge in [0.1, 0.15) is 11.5 Å². The highest BCUT2D eigenvalue weighted by Gasteiger charge is 2.12. The molecule has 0 amide bonds. The van der Waals surface area contributed by atoms with Crippen LogP contribution in [0.3, 0.4) is 0 Å². The fraction of sp³-hybridized carbons (Fsp3) is 0.120. The van der Waals surface area contributed by atoms with Crippen molar-refractivity contribution >= 4 is 59.2 Å². The maximum atomic E-state index is 12.5. The van der Waals surface area contributed by atoms with E-state index in [2.05, 4.69) is 9.98 Å². The summed E-state index contributed by atoms with van der Waals surface area (Å²) in [7, 11) is 0. The van der Waals surface area contributed by atoms with Crippen LogP contribution in [0.1, 0.15) is 100.0 Å². The van der Waals surface area contributed by atoms with Crippen molar-refractivity contribution in [3.8, 4) is 11.5 Å². The molecule has 0 spiro atoms. The van der Waals surface area contributed by atoms with Crippen molar-refractivity contribution in [1.29, 1.82) is 0 Å². The Morgan fingerprint density at radius 1 is 0.387 bits per heavy atom. The number of ketones is 2. The third-order valence-corrected chi connectivity index (χ3v) is 9.17. The number of hydrogen-bond acceptors (Lipinski definition) is 12. The van der Waals surface area contributed by atoms with Crippen LogP contribution in [0.15, 0.2) is 156 Å². The molecule has 0 aliphatic carbocycles. The van der Waals surface area contributed by atoms with Gasteiger partial charge in [-0.25, -0.2) is 19.2 Å². The molecule has 0 atom stereocenters. The number of ether oxygens (including phenoxy) is 4. The number of unbranched alkanes of at least 4 members (excludes halogenated alkanes) is 1. The highest BCUT2D eigenvalue weighted by atomic mass is 16.5. The third kappa shape index (κ3) is 12.7. The lowest BCUT2D eigenvalue weighted by atomic mass is 10.1. The van der Waals surface area contributed by atoms with Crippen molar-refractivity contribution in [2.24, 2.45) is 9.98 Å². The predicted molar refractivity (Wildman–Crippen MR) is 233 cm³/mol. The second-order valence-corrected chi connectivity index (χ2v) is 13.8. The number of esters is 4. The van der Waals surface area contributed by atoms with Crippen LogP contribution in [-0.4, -0.2) is 61.1 Å². The normalized spacial score (nSPS) is 10.9. The standard InChI is InChI=1S/C50H40N2O10/c1-33(53)37-17-25-45(26-18-37)61-49(57)41-9-5-35(6-10-41)31-51-43-21-13-39(14-22-43)47(55)59-29-3-4-30-60-48(56)40-15-23-44(24-16-40)52-32-36-7-11-42(12-8-36)50(58)62-46-27-19-38(20-28-46)34(2)54/h5-28,31-32H,3-4,29-30H2,1-2H3. The molecule has 0 aromatic heterocycles. The van der Waals surface area contributed by atoms with E-state index in [1.807, 2.05) is 0 Å². The first-order valence-electron chi connectivity index (χ1n) is 19.5. The fourth-order valence-corrected chi connectivity index (χ4v) is 5.62. The number of carbonyl (C=O) groups excluding carboxylic acids is 6. The summed E-state index contributed by atoms with van der Waals surface area (Å²) < 4.78 is 21.5. The van der Waals surface area contributed by atoms with Gasteiger partial charge in [0.2, 0.25) is 0 Å². The minimum Gasteiger partial charge on any atom is -0.462 e. The number of benzene rings is 6. The summed E-state index contributed by atoms with van der Waals surface area (Å²) in [6.45, 7) is 3.24. The molecule has 0 aliphatic heterocycles. The first-order chi connectivity index (χ1) is 30.0. The van der Waals surface area contributed by atoms with Crippen LogP contribution < -0.4 is 9.47 Å². The zero-order valence-corrected chi connectivity index (χ0v) is 33.8. The Balaban J connectivity index is 0.856. The number of hydrogen-bond donors (Lipinski definition) is 0. The number of nitrogens with zero attached hydrogens (tertiary/aromatic N) is 2. The minimum absolute atomic E-state index is 0.0741. The van der Waals surface area contributed by atoms with Gasteiger partial charge in [0.05, 0.1) is 46.8 Å². The Labute approximate surface area is 357 Å². The van der Waals surface area contributed by atoms with Gasteiger partial charge < -0.3 is 18.9 Å². The van der Waals surface area contributed by atoms with Gasteiger partial charge in [-0.2, -0.15) is 0 Å². The van der Waals surface area contributed by atoms with Crippen molar-refractivity contribution in [3.63, 3.8) is 0 Å². The van der Waals surface area contributed by atoms with E-state index in [4.69, 9.17) is 18.9 Å². The Kier molecular flexibility index (Phi) is 14.9. The summed E-state index contributed by atoms with van der Waals surface area (Å²) in [6.07, 6.45) is 4.26. The molecular weight excluding hydrogens is 789 g/mol. The van der Waals surface area contributed by atoms with Gasteiger partial charge in [-0.3, -0.25) is 19.6 Å². The van der Waals surface area contributed by atoms with Crippen molar-refractivity contribution in [2.45, 2.75) is 26.7 Å². The molecule has 0 saturated carbocycles. The average molecular weight is 829 g/mol. The van der Waals surface area contributed by atoms with Crippen LogP contribution in [0.25, 0.3) is 0 Å². The van der Waals surface area contributed by atoms with Gasteiger partial charge in [0.25, 0.3) is 0 Å². The van der Waals surface area contributed by atoms with Crippen LogP contribution in [-0.2, 0) is 9.47 Å². The highest BCUT2D eigenvalue weighted by Crippen LogP contribution is 2.19. The Bertz CT molecular complexity index is 2410. The largest absolute Gasteiger partial charge is 0.462 e. The predicted octanol–water partition coefficient (Wildman–Crippen LogP) is 9.83. The molecule has 6 aromatic carbocycles. The Hall–Kier alpha value is -8.12. The molecule has 6 aromatic rings. The number of carbonyl (C=O) groups is 6. The second-order valence-electron chi connectivity index (χ2n) is 13.8. The van der Waals surface area contributed by atoms with Crippen LogP contribution in [0.2, 0.25) is 0 Å². The molecule has 12 heteroatoms. The number of Topliss-reactive ketones (excluding diaryl/α,β-unsaturated/α-hetero) is 2. The van der Waals surface area contributed by atoms with Gasteiger partial charge in [-0.15, -0.1) is 0 Å². The van der Waals surface area contributed by atoms with Crippen molar-refractivity contribution in [2.75, 3.05) is 13.2 Å². The summed E-state index contributed by atoms with van der Waals surface area (Å²) in [4.78, 5) is 81.9. The smallest absolute Gasteiger partial charge is 0.343 e. The first-order valence-corrected chi connectivity index (χ1v) is 19.5. The van der Waals surface area contributed by atoms with Gasteiger partial charge >= 0.3 is 23.9 Å². The molecule has 0 bridgehead atoms. The van der Waals surface area contributed by atoms with Crippen LogP contribution in [0.4, 0.5) is 11.4 Å². The Morgan fingerprint density at radius 2 is 0.677 bits per heavy atom. The monoisotopic (exact) mass is 828 g/mol. The Morgan fingerprint density at radius 3 is 1.00 bits per heavy atom. The van der Waals surface area contributed by atoms with E-state index in [-0.39, 0.29) is 24.8 Å². The molecule has 0 saturated heterocycles. The van der Waals surface area contributed by atoms with Crippen molar-refractivity contribution in [3.05, 3.63) is 190 Å². The maximum Gasteiger partial charge on any atom is 0.343 e. The molecule has 12 nitrogen and oxygen atoms in total. The van der Waals surface area contributed by atoms with Crippen LogP contribution in [0.5, 0.6) is 11.5 Å².